The van der Waals surface area contributed by atoms with Gasteiger partial charge in [-0.2, -0.15) is 0 Å². The second kappa shape index (κ2) is 8.98. The van der Waals surface area contributed by atoms with Gasteiger partial charge in [-0.1, -0.05) is 19.1 Å². The summed E-state index contributed by atoms with van der Waals surface area (Å²) in [4.78, 5) is 0. The molecule has 3 nitrogen and oxygen atoms in total. The van der Waals surface area contributed by atoms with Crippen LogP contribution in [0.2, 0.25) is 0 Å². The Morgan fingerprint density at radius 1 is 1.10 bits per heavy atom. The molecule has 0 saturated heterocycles. The van der Waals surface area contributed by atoms with E-state index < -0.39 is 0 Å². The number of benzene rings is 1. The van der Waals surface area contributed by atoms with E-state index >= 15 is 0 Å². The van der Waals surface area contributed by atoms with Gasteiger partial charge in [0, 0.05) is 19.8 Å². The summed E-state index contributed by atoms with van der Waals surface area (Å²) in [6.07, 6.45) is 4.01. The van der Waals surface area contributed by atoms with E-state index in [-0.39, 0.29) is 6.04 Å². The lowest BCUT2D eigenvalue weighted by atomic mass is 9.99. The molecule has 0 saturated carbocycles. The molecule has 1 rings (SSSR count). The molecule has 3 heteroatoms. The summed E-state index contributed by atoms with van der Waals surface area (Å²) in [7, 11) is 1.73. The average Bonchev–Trinajstić information content (AvgIpc) is 2.41. The standard InChI is InChI=1S/C17H29NO2/c1-5-16(18)12-15-10-13(2)17(14(3)11-15)20-9-7-6-8-19-4/h10-11,16H,5-9,12,18H2,1-4H3. The van der Waals surface area contributed by atoms with Gasteiger partial charge in [0.2, 0.25) is 0 Å². The lowest BCUT2D eigenvalue weighted by molar-refractivity contribution is 0.184. The smallest absolute Gasteiger partial charge is 0.125 e. The number of aryl methyl sites for hydroxylation is 2. The predicted octanol–water partition coefficient (Wildman–Crippen LogP) is 3.39. The summed E-state index contributed by atoms with van der Waals surface area (Å²) >= 11 is 0. The van der Waals surface area contributed by atoms with Crippen LogP contribution in [0.1, 0.15) is 42.9 Å². The van der Waals surface area contributed by atoms with Crippen LogP contribution in [0.25, 0.3) is 0 Å². The van der Waals surface area contributed by atoms with Crippen molar-refractivity contribution in [3.05, 3.63) is 28.8 Å². The van der Waals surface area contributed by atoms with Gasteiger partial charge in [-0.05, 0) is 56.2 Å². The molecule has 0 aliphatic heterocycles. The largest absolute Gasteiger partial charge is 0.493 e. The second-order valence-corrected chi connectivity index (χ2v) is 5.48. The van der Waals surface area contributed by atoms with Gasteiger partial charge in [0.1, 0.15) is 5.75 Å². The van der Waals surface area contributed by atoms with Gasteiger partial charge in [-0.15, -0.1) is 0 Å². The van der Waals surface area contributed by atoms with E-state index in [0.717, 1.165) is 44.6 Å². The highest BCUT2D eigenvalue weighted by atomic mass is 16.5. The van der Waals surface area contributed by atoms with Gasteiger partial charge in [0.25, 0.3) is 0 Å². The summed E-state index contributed by atoms with van der Waals surface area (Å²) in [5.41, 5.74) is 9.74. The van der Waals surface area contributed by atoms with Crippen LogP contribution in [0, 0.1) is 13.8 Å². The molecule has 0 heterocycles. The van der Waals surface area contributed by atoms with Crippen molar-refractivity contribution in [3.8, 4) is 5.75 Å². The molecule has 2 N–H and O–H groups in total. The fourth-order valence-corrected chi connectivity index (χ4v) is 2.36. The van der Waals surface area contributed by atoms with Crippen LogP contribution in [0.3, 0.4) is 0 Å². The normalized spacial score (nSPS) is 12.4. The molecule has 0 amide bonds. The highest BCUT2D eigenvalue weighted by Gasteiger charge is 2.08. The van der Waals surface area contributed by atoms with Gasteiger partial charge >= 0.3 is 0 Å². The Balaban J connectivity index is 2.59. The number of hydrogen-bond acceptors (Lipinski definition) is 3. The second-order valence-electron chi connectivity index (χ2n) is 5.48. The van der Waals surface area contributed by atoms with Crippen molar-refractivity contribution < 1.29 is 9.47 Å². The van der Waals surface area contributed by atoms with Crippen LogP contribution in [-0.2, 0) is 11.2 Å². The van der Waals surface area contributed by atoms with Crippen LogP contribution in [-0.4, -0.2) is 26.4 Å². The van der Waals surface area contributed by atoms with Gasteiger partial charge < -0.3 is 15.2 Å². The first-order chi connectivity index (χ1) is 9.58. The fraction of sp³-hybridized carbons (Fsp3) is 0.647. The van der Waals surface area contributed by atoms with Crippen molar-refractivity contribution in [2.24, 2.45) is 5.73 Å². The molecular weight excluding hydrogens is 250 g/mol. The topological polar surface area (TPSA) is 44.5 Å². The predicted molar refractivity (Wildman–Crippen MR) is 84.5 cm³/mol. The van der Waals surface area contributed by atoms with Crippen LogP contribution < -0.4 is 10.5 Å². The molecule has 0 fully saturated rings. The Hall–Kier alpha value is -1.06. The molecule has 0 bridgehead atoms. The molecule has 1 unspecified atom stereocenters. The molecule has 114 valence electrons. The van der Waals surface area contributed by atoms with Crippen molar-refractivity contribution in [2.75, 3.05) is 20.3 Å². The van der Waals surface area contributed by atoms with E-state index in [0.29, 0.717) is 0 Å². The summed E-state index contributed by atoms with van der Waals surface area (Å²) in [5.74, 6) is 1.02. The van der Waals surface area contributed by atoms with E-state index in [9.17, 15) is 0 Å². The monoisotopic (exact) mass is 279 g/mol. The van der Waals surface area contributed by atoms with Crippen molar-refractivity contribution in [1.82, 2.24) is 0 Å². The minimum atomic E-state index is 0.245. The number of unbranched alkanes of at least 4 members (excludes halogenated alkanes) is 1. The minimum absolute atomic E-state index is 0.245. The summed E-state index contributed by atoms with van der Waals surface area (Å²) in [6, 6.07) is 4.65. The number of rotatable bonds is 9. The zero-order valence-electron chi connectivity index (χ0n) is 13.4. The summed E-state index contributed by atoms with van der Waals surface area (Å²) in [5, 5.41) is 0. The maximum absolute atomic E-state index is 6.03. The van der Waals surface area contributed by atoms with Crippen LogP contribution >= 0.6 is 0 Å². The molecule has 0 spiro atoms. The Labute approximate surface area is 123 Å². The molecular formula is C17H29NO2. The minimum Gasteiger partial charge on any atom is -0.493 e. The van der Waals surface area contributed by atoms with E-state index in [1.54, 1.807) is 7.11 Å². The van der Waals surface area contributed by atoms with Crippen LogP contribution in [0.15, 0.2) is 12.1 Å². The SMILES string of the molecule is CCC(N)Cc1cc(C)c(OCCCCOC)c(C)c1. The van der Waals surface area contributed by atoms with Crippen molar-refractivity contribution in [1.29, 1.82) is 0 Å². The van der Waals surface area contributed by atoms with Gasteiger partial charge in [0.05, 0.1) is 6.61 Å². The van der Waals surface area contributed by atoms with E-state index in [2.05, 4.69) is 32.9 Å². The number of ether oxygens (including phenoxy) is 2. The highest BCUT2D eigenvalue weighted by molar-refractivity contribution is 5.43. The molecule has 0 aliphatic carbocycles. The lowest BCUT2D eigenvalue weighted by Gasteiger charge is -2.15. The molecule has 20 heavy (non-hydrogen) atoms. The van der Waals surface area contributed by atoms with Crippen molar-refractivity contribution in [3.63, 3.8) is 0 Å². The Bertz CT molecular complexity index is 381. The first-order valence-corrected chi connectivity index (χ1v) is 7.55. The summed E-state index contributed by atoms with van der Waals surface area (Å²) in [6.45, 7) is 7.90. The van der Waals surface area contributed by atoms with Crippen molar-refractivity contribution in [2.45, 2.75) is 52.5 Å². The molecule has 0 aliphatic rings. The highest BCUT2D eigenvalue weighted by Crippen LogP contribution is 2.25. The molecule has 0 radical (unpaired) electrons. The zero-order valence-corrected chi connectivity index (χ0v) is 13.4. The van der Waals surface area contributed by atoms with E-state index in [4.69, 9.17) is 15.2 Å². The third-order valence-corrected chi connectivity index (χ3v) is 3.53. The first kappa shape index (κ1) is 17.0. The molecule has 0 aromatic heterocycles. The van der Waals surface area contributed by atoms with E-state index in [1.165, 1.54) is 16.7 Å². The van der Waals surface area contributed by atoms with Gasteiger partial charge in [-0.25, -0.2) is 0 Å². The van der Waals surface area contributed by atoms with E-state index in [1.807, 2.05) is 0 Å². The van der Waals surface area contributed by atoms with Crippen LogP contribution in [0.4, 0.5) is 0 Å². The molecule has 1 aromatic carbocycles. The van der Waals surface area contributed by atoms with Gasteiger partial charge in [-0.3, -0.25) is 0 Å². The maximum Gasteiger partial charge on any atom is 0.125 e. The average molecular weight is 279 g/mol. The quantitative estimate of drug-likeness (QED) is 0.705. The fourth-order valence-electron chi connectivity index (χ4n) is 2.36. The molecule has 1 atom stereocenters. The maximum atomic E-state index is 6.03. The first-order valence-electron chi connectivity index (χ1n) is 7.55. The Morgan fingerprint density at radius 2 is 1.70 bits per heavy atom. The third-order valence-electron chi connectivity index (χ3n) is 3.53. The zero-order chi connectivity index (χ0) is 15.0. The van der Waals surface area contributed by atoms with Gasteiger partial charge in [0.15, 0.2) is 0 Å². The number of nitrogens with two attached hydrogens (primary N) is 1. The van der Waals surface area contributed by atoms with Crippen molar-refractivity contribution >= 4 is 0 Å². The van der Waals surface area contributed by atoms with Crippen LogP contribution in [0.5, 0.6) is 5.75 Å². The number of hydrogen-bond donors (Lipinski definition) is 1. The summed E-state index contributed by atoms with van der Waals surface area (Å²) < 4.78 is 11.0. The number of methoxy groups -OCH3 is 1. The Morgan fingerprint density at radius 3 is 2.25 bits per heavy atom. The third kappa shape index (κ3) is 5.51. The molecule has 1 aromatic rings. The Kier molecular flexibility index (Phi) is 7.63. The lowest BCUT2D eigenvalue weighted by Crippen LogP contribution is -2.21.